The summed E-state index contributed by atoms with van der Waals surface area (Å²) in [5, 5.41) is 3.14. The van der Waals surface area contributed by atoms with Crippen LogP contribution in [0.5, 0.6) is 0 Å². The molecule has 0 aliphatic rings. The molecule has 5 heteroatoms. The Morgan fingerprint density at radius 2 is 1.88 bits per heavy atom. The standard InChI is InChI=1S/C11H26N2O2S/c1-5-12-8-7-9-16(14,15)13(6-2)10-11(3)4/h11-12H,5-10H2,1-4H3. The summed E-state index contributed by atoms with van der Waals surface area (Å²) < 4.78 is 25.5. The molecule has 0 rings (SSSR count). The average Bonchev–Trinajstić information content (AvgIpc) is 2.20. The van der Waals surface area contributed by atoms with E-state index in [-0.39, 0.29) is 5.75 Å². The van der Waals surface area contributed by atoms with E-state index in [0.29, 0.717) is 25.4 Å². The van der Waals surface area contributed by atoms with Gasteiger partial charge in [-0.15, -0.1) is 0 Å². The summed E-state index contributed by atoms with van der Waals surface area (Å²) in [6.07, 6.45) is 0.685. The van der Waals surface area contributed by atoms with E-state index in [1.54, 1.807) is 4.31 Å². The molecular formula is C11H26N2O2S. The summed E-state index contributed by atoms with van der Waals surface area (Å²) in [7, 11) is -3.05. The Kier molecular flexibility index (Phi) is 7.97. The van der Waals surface area contributed by atoms with E-state index < -0.39 is 10.0 Å². The van der Waals surface area contributed by atoms with Crippen molar-refractivity contribution in [2.24, 2.45) is 5.92 Å². The Labute approximate surface area is 100 Å². The van der Waals surface area contributed by atoms with Crippen molar-refractivity contribution in [2.75, 3.05) is 31.9 Å². The second-order valence-electron chi connectivity index (χ2n) is 4.37. The molecule has 0 heterocycles. The van der Waals surface area contributed by atoms with Gasteiger partial charge in [-0.05, 0) is 25.4 Å². The summed E-state index contributed by atoms with van der Waals surface area (Å²) in [5.41, 5.74) is 0. The molecule has 0 saturated carbocycles. The van der Waals surface area contributed by atoms with E-state index in [1.165, 1.54) is 0 Å². The van der Waals surface area contributed by atoms with E-state index in [0.717, 1.165) is 13.1 Å². The highest BCUT2D eigenvalue weighted by Crippen LogP contribution is 2.07. The molecule has 0 fully saturated rings. The fourth-order valence-electron chi connectivity index (χ4n) is 1.53. The highest BCUT2D eigenvalue weighted by atomic mass is 32.2. The Morgan fingerprint density at radius 3 is 2.31 bits per heavy atom. The van der Waals surface area contributed by atoms with Crippen LogP contribution in [0.1, 0.15) is 34.1 Å². The molecule has 0 unspecified atom stereocenters. The smallest absolute Gasteiger partial charge is 0.214 e. The third-order valence-electron chi connectivity index (χ3n) is 2.32. The first-order valence-corrected chi connectivity index (χ1v) is 7.73. The fourth-order valence-corrected chi connectivity index (χ4v) is 3.22. The van der Waals surface area contributed by atoms with Crippen molar-refractivity contribution >= 4 is 10.0 Å². The van der Waals surface area contributed by atoms with Crippen LogP contribution in [0.3, 0.4) is 0 Å². The van der Waals surface area contributed by atoms with Gasteiger partial charge < -0.3 is 5.32 Å². The lowest BCUT2D eigenvalue weighted by molar-refractivity contribution is 0.380. The molecule has 16 heavy (non-hydrogen) atoms. The zero-order valence-corrected chi connectivity index (χ0v) is 11.8. The minimum Gasteiger partial charge on any atom is -0.317 e. The first-order chi connectivity index (χ1) is 7.44. The number of hydrogen-bond acceptors (Lipinski definition) is 3. The second kappa shape index (κ2) is 8.03. The van der Waals surface area contributed by atoms with Crippen LogP contribution in [0.15, 0.2) is 0 Å². The van der Waals surface area contributed by atoms with Crippen molar-refractivity contribution in [3.63, 3.8) is 0 Å². The fraction of sp³-hybridized carbons (Fsp3) is 1.00. The van der Waals surface area contributed by atoms with Crippen molar-refractivity contribution in [3.8, 4) is 0 Å². The first-order valence-electron chi connectivity index (χ1n) is 6.12. The lowest BCUT2D eigenvalue weighted by Crippen LogP contribution is -2.36. The van der Waals surface area contributed by atoms with Crippen LogP contribution < -0.4 is 5.32 Å². The Balaban J connectivity index is 4.16. The van der Waals surface area contributed by atoms with Gasteiger partial charge in [0, 0.05) is 13.1 Å². The zero-order valence-electron chi connectivity index (χ0n) is 11.0. The molecule has 0 aromatic rings. The second-order valence-corrected chi connectivity index (χ2v) is 6.46. The molecule has 0 amide bonds. The van der Waals surface area contributed by atoms with Gasteiger partial charge in [-0.1, -0.05) is 27.7 Å². The molecule has 0 bridgehead atoms. The molecule has 0 aliphatic heterocycles. The molecule has 0 spiro atoms. The summed E-state index contributed by atoms with van der Waals surface area (Å²) in [5.74, 6) is 0.629. The lowest BCUT2D eigenvalue weighted by Gasteiger charge is -2.22. The minimum atomic E-state index is -3.05. The number of nitrogens with one attached hydrogen (secondary N) is 1. The molecule has 4 nitrogen and oxygen atoms in total. The number of sulfonamides is 1. The van der Waals surface area contributed by atoms with E-state index >= 15 is 0 Å². The Hall–Kier alpha value is -0.130. The van der Waals surface area contributed by atoms with Crippen molar-refractivity contribution in [1.29, 1.82) is 0 Å². The molecule has 1 N–H and O–H groups in total. The largest absolute Gasteiger partial charge is 0.317 e. The number of nitrogens with zero attached hydrogens (tertiary/aromatic N) is 1. The van der Waals surface area contributed by atoms with Gasteiger partial charge in [0.05, 0.1) is 5.75 Å². The molecule has 0 radical (unpaired) electrons. The molecule has 0 aromatic carbocycles. The zero-order chi connectivity index (χ0) is 12.6. The predicted octanol–water partition coefficient (Wildman–Crippen LogP) is 1.29. The van der Waals surface area contributed by atoms with Crippen molar-refractivity contribution in [2.45, 2.75) is 34.1 Å². The monoisotopic (exact) mass is 250 g/mol. The van der Waals surface area contributed by atoms with Crippen LogP contribution in [0.25, 0.3) is 0 Å². The van der Waals surface area contributed by atoms with E-state index in [9.17, 15) is 8.42 Å². The van der Waals surface area contributed by atoms with E-state index in [4.69, 9.17) is 0 Å². The topological polar surface area (TPSA) is 49.4 Å². The third-order valence-corrected chi connectivity index (χ3v) is 4.32. The van der Waals surface area contributed by atoms with Gasteiger partial charge in [0.25, 0.3) is 0 Å². The SMILES string of the molecule is CCNCCCS(=O)(=O)N(CC)CC(C)C. The molecule has 0 atom stereocenters. The van der Waals surface area contributed by atoms with E-state index in [1.807, 2.05) is 27.7 Å². The number of hydrogen-bond donors (Lipinski definition) is 1. The Bertz CT molecular complexity index is 263. The van der Waals surface area contributed by atoms with E-state index in [2.05, 4.69) is 5.32 Å². The van der Waals surface area contributed by atoms with Gasteiger partial charge in [-0.25, -0.2) is 12.7 Å². The van der Waals surface area contributed by atoms with Crippen molar-refractivity contribution in [3.05, 3.63) is 0 Å². The lowest BCUT2D eigenvalue weighted by atomic mass is 10.2. The van der Waals surface area contributed by atoms with Crippen LogP contribution >= 0.6 is 0 Å². The molecule has 98 valence electrons. The average molecular weight is 250 g/mol. The quantitative estimate of drug-likeness (QED) is 0.627. The molecule has 0 saturated heterocycles. The highest BCUT2D eigenvalue weighted by Gasteiger charge is 2.20. The van der Waals surface area contributed by atoms with Gasteiger partial charge in [0.1, 0.15) is 0 Å². The van der Waals surface area contributed by atoms with Crippen molar-refractivity contribution in [1.82, 2.24) is 9.62 Å². The maximum atomic E-state index is 12.0. The van der Waals surface area contributed by atoms with Gasteiger partial charge in [-0.3, -0.25) is 0 Å². The molecular weight excluding hydrogens is 224 g/mol. The summed E-state index contributed by atoms with van der Waals surface area (Å²) in [6, 6.07) is 0. The number of rotatable bonds is 9. The van der Waals surface area contributed by atoms with Gasteiger partial charge >= 0.3 is 0 Å². The van der Waals surface area contributed by atoms with Gasteiger partial charge in [0.15, 0.2) is 0 Å². The van der Waals surface area contributed by atoms with Crippen LogP contribution in [0.2, 0.25) is 0 Å². The van der Waals surface area contributed by atoms with Crippen LogP contribution in [-0.2, 0) is 10.0 Å². The molecule has 0 aromatic heterocycles. The maximum absolute atomic E-state index is 12.0. The third kappa shape index (κ3) is 6.45. The normalized spacial score (nSPS) is 12.6. The van der Waals surface area contributed by atoms with Gasteiger partial charge in [-0.2, -0.15) is 0 Å². The van der Waals surface area contributed by atoms with Crippen LogP contribution in [-0.4, -0.2) is 44.7 Å². The minimum absolute atomic E-state index is 0.251. The summed E-state index contributed by atoms with van der Waals surface area (Å²) >= 11 is 0. The molecule has 0 aliphatic carbocycles. The summed E-state index contributed by atoms with van der Waals surface area (Å²) in [4.78, 5) is 0. The highest BCUT2D eigenvalue weighted by molar-refractivity contribution is 7.89. The maximum Gasteiger partial charge on any atom is 0.214 e. The van der Waals surface area contributed by atoms with Crippen molar-refractivity contribution < 1.29 is 8.42 Å². The predicted molar refractivity (Wildman–Crippen MR) is 69.0 cm³/mol. The van der Waals surface area contributed by atoms with Crippen LogP contribution in [0.4, 0.5) is 0 Å². The summed E-state index contributed by atoms with van der Waals surface area (Å²) in [6.45, 7) is 10.9. The first kappa shape index (κ1) is 15.9. The Morgan fingerprint density at radius 1 is 1.25 bits per heavy atom. The van der Waals surface area contributed by atoms with Gasteiger partial charge in [0.2, 0.25) is 10.0 Å². The van der Waals surface area contributed by atoms with Crippen LogP contribution in [0, 0.1) is 5.92 Å².